The maximum absolute atomic E-state index is 13.0. The first-order valence-electron chi connectivity index (χ1n) is 21.5. The monoisotopic (exact) mass is 851 g/mol. The average molecular weight is 852 g/mol. The quantitative estimate of drug-likeness (QED) is 0.0640. The standard InChI is InChI=1S/C45H57N9O6S/c1-27-31-7-6-15-53(39(31)52-51-38(27)50-41-48-34-17-30(59-5)8-10-35(34)61-41)36-11-9-32(37(49-36)40(57)58)33-18-47-54(28(33)2)26-44-21-42(3)20-43(4,22-44)24-45(23-42,25-44)60-16-14-46-13-12-29(56)19-55/h8-11,17-18,29,46,55-56H,6-7,12-16,19-26H2,1-5H3,(H,57,58)(H,48,50,51). The maximum Gasteiger partial charge on any atom is 0.355 e. The van der Waals surface area contributed by atoms with E-state index in [9.17, 15) is 15.0 Å². The number of aliphatic hydroxyl groups excluding tert-OH is 2. The highest BCUT2D eigenvalue weighted by atomic mass is 32.1. The summed E-state index contributed by atoms with van der Waals surface area (Å²) in [6, 6.07) is 9.57. The Hall–Kier alpha value is -4.74. The van der Waals surface area contributed by atoms with Crippen molar-refractivity contribution in [3.8, 4) is 16.9 Å². The van der Waals surface area contributed by atoms with Crippen LogP contribution in [-0.2, 0) is 17.7 Å². The van der Waals surface area contributed by atoms with E-state index >= 15 is 0 Å². The smallest absolute Gasteiger partial charge is 0.355 e. The molecular formula is C45H57N9O6S. The molecule has 0 spiro atoms. The van der Waals surface area contributed by atoms with Crippen molar-refractivity contribution in [2.75, 3.05) is 50.2 Å². The summed E-state index contributed by atoms with van der Waals surface area (Å²) in [6.07, 6.45) is 9.74. The van der Waals surface area contributed by atoms with Gasteiger partial charge in [0.1, 0.15) is 11.6 Å². The topological polar surface area (TPSA) is 193 Å². The lowest BCUT2D eigenvalue weighted by atomic mass is 9.39. The minimum atomic E-state index is -1.10. The molecule has 0 saturated heterocycles. The molecule has 1 aromatic carbocycles. The number of carboxylic acids is 1. The number of methoxy groups -OCH3 is 1. The first-order valence-corrected chi connectivity index (χ1v) is 22.3. The predicted molar refractivity (Wildman–Crippen MR) is 234 cm³/mol. The highest BCUT2D eigenvalue weighted by Gasteiger charge is 2.66. The number of anilines is 4. The number of thiazole rings is 1. The zero-order valence-corrected chi connectivity index (χ0v) is 36.6. The third-order valence-electron chi connectivity index (χ3n) is 13.6. The summed E-state index contributed by atoms with van der Waals surface area (Å²) in [7, 11) is 1.64. The van der Waals surface area contributed by atoms with E-state index in [0.29, 0.717) is 60.8 Å². The second-order valence-electron chi connectivity index (χ2n) is 19.0. The van der Waals surface area contributed by atoms with E-state index < -0.39 is 12.1 Å². The molecule has 5 aliphatic rings. The Morgan fingerprint density at radius 3 is 2.56 bits per heavy atom. The first-order chi connectivity index (χ1) is 29.2. The molecular weight excluding hydrogens is 795 g/mol. The molecule has 5 heterocycles. The van der Waals surface area contributed by atoms with Gasteiger partial charge in [-0.25, -0.2) is 14.8 Å². The molecule has 4 fully saturated rings. The van der Waals surface area contributed by atoms with Crippen LogP contribution in [0, 0.1) is 30.1 Å². The summed E-state index contributed by atoms with van der Waals surface area (Å²) in [4.78, 5) is 24.5. The number of aromatic nitrogens is 6. The number of carbonyl (C=O) groups is 1. The SMILES string of the molecule is COc1ccc2sc(Nc3nnc4c(c3C)CCCN4c3ccc(-c4cnn(CC56CC7(C)CC(C)(C5)CC(OCCNCCC(O)CO)(C7)C6)c4C)c(C(=O)O)n3)nc2c1. The Balaban J connectivity index is 0.936. The van der Waals surface area contributed by atoms with Gasteiger partial charge in [0.05, 0.1) is 48.4 Å². The molecule has 10 rings (SSSR count). The van der Waals surface area contributed by atoms with Gasteiger partial charge in [-0.15, -0.1) is 10.2 Å². The molecule has 5 aromatic rings. The van der Waals surface area contributed by atoms with Crippen molar-refractivity contribution >= 4 is 50.1 Å². The van der Waals surface area contributed by atoms with Gasteiger partial charge in [0.15, 0.2) is 22.5 Å². The van der Waals surface area contributed by atoms with Crippen LogP contribution in [0.3, 0.4) is 0 Å². The second-order valence-corrected chi connectivity index (χ2v) is 20.0. The second kappa shape index (κ2) is 15.9. The molecule has 16 heteroatoms. The summed E-state index contributed by atoms with van der Waals surface area (Å²) in [5.41, 5.74) is 5.18. The van der Waals surface area contributed by atoms with Crippen LogP contribution in [0.15, 0.2) is 36.5 Å². The van der Waals surface area contributed by atoms with E-state index in [4.69, 9.17) is 29.6 Å². The zero-order valence-electron chi connectivity index (χ0n) is 35.8. The Bertz CT molecular complexity index is 2450. The average Bonchev–Trinajstić information content (AvgIpc) is 3.79. The van der Waals surface area contributed by atoms with Crippen LogP contribution in [0.5, 0.6) is 5.75 Å². The number of carboxylic acid groups (broad SMARTS) is 1. The normalized spacial score (nSPS) is 25.9. The number of nitrogens with zero attached hydrogens (tertiary/aromatic N) is 7. The fourth-order valence-electron chi connectivity index (χ4n) is 12.3. The van der Waals surface area contributed by atoms with Crippen LogP contribution in [0.4, 0.5) is 22.6 Å². The lowest BCUT2D eigenvalue weighted by Crippen LogP contribution is -2.64. The van der Waals surface area contributed by atoms with Crippen molar-refractivity contribution in [2.24, 2.45) is 16.2 Å². The van der Waals surface area contributed by atoms with E-state index in [0.717, 1.165) is 89.8 Å². The van der Waals surface area contributed by atoms with Gasteiger partial charge in [-0.2, -0.15) is 5.10 Å². The van der Waals surface area contributed by atoms with Crippen molar-refractivity contribution in [2.45, 2.75) is 104 Å². The molecule has 0 amide bonds. The molecule has 1 aliphatic heterocycles. The Morgan fingerprint density at radius 1 is 1.00 bits per heavy atom. The molecule has 324 valence electrons. The summed E-state index contributed by atoms with van der Waals surface area (Å²) < 4.78 is 15.3. The van der Waals surface area contributed by atoms with Gasteiger partial charge in [0.25, 0.3) is 0 Å². The Kier molecular flexibility index (Phi) is 10.8. The van der Waals surface area contributed by atoms with E-state index in [1.54, 1.807) is 13.3 Å². The number of rotatable bonds is 16. The molecule has 15 nitrogen and oxygen atoms in total. The highest BCUT2D eigenvalue weighted by Crippen LogP contribution is 2.72. The minimum absolute atomic E-state index is 0.00142. The van der Waals surface area contributed by atoms with Crippen molar-refractivity contribution in [1.82, 2.24) is 35.3 Å². The molecule has 3 atom stereocenters. The van der Waals surface area contributed by atoms with E-state index in [1.165, 1.54) is 17.8 Å². The van der Waals surface area contributed by atoms with Crippen LogP contribution in [0.25, 0.3) is 21.3 Å². The van der Waals surface area contributed by atoms with Gasteiger partial charge in [0.2, 0.25) is 0 Å². The molecule has 4 aromatic heterocycles. The summed E-state index contributed by atoms with van der Waals surface area (Å²) in [5, 5.41) is 51.0. The number of hydrogen-bond acceptors (Lipinski definition) is 14. The maximum atomic E-state index is 13.0. The Morgan fingerprint density at radius 2 is 1.80 bits per heavy atom. The molecule has 0 radical (unpaired) electrons. The highest BCUT2D eigenvalue weighted by molar-refractivity contribution is 7.22. The zero-order chi connectivity index (χ0) is 42.7. The third-order valence-corrected chi connectivity index (χ3v) is 14.6. The largest absolute Gasteiger partial charge is 0.497 e. The van der Waals surface area contributed by atoms with Gasteiger partial charge >= 0.3 is 5.97 Å². The van der Waals surface area contributed by atoms with Gasteiger partial charge < -0.3 is 40.3 Å². The fourth-order valence-corrected chi connectivity index (χ4v) is 13.1. The minimum Gasteiger partial charge on any atom is -0.497 e. The third kappa shape index (κ3) is 7.97. The molecule has 3 unspecified atom stereocenters. The van der Waals surface area contributed by atoms with E-state index in [1.807, 2.05) is 49.1 Å². The number of ether oxygens (including phenoxy) is 2. The summed E-state index contributed by atoms with van der Waals surface area (Å²) in [6.45, 7) is 12.0. The number of nitrogens with one attached hydrogen (secondary N) is 2. The van der Waals surface area contributed by atoms with Crippen LogP contribution in [0.2, 0.25) is 0 Å². The van der Waals surface area contributed by atoms with Crippen molar-refractivity contribution in [3.05, 3.63) is 59.0 Å². The van der Waals surface area contributed by atoms with Crippen LogP contribution >= 0.6 is 11.3 Å². The van der Waals surface area contributed by atoms with Crippen molar-refractivity contribution in [3.63, 3.8) is 0 Å². The van der Waals surface area contributed by atoms with E-state index in [2.05, 4.69) is 39.4 Å². The number of fused-ring (bicyclic) bond motifs is 2. The van der Waals surface area contributed by atoms with Gasteiger partial charge in [0, 0.05) is 53.6 Å². The predicted octanol–water partition coefficient (Wildman–Crippen LogP) is 6.97. The van der Waals surface area contributed by atoms with E-state index in [-0.39, 0.29) is 34.1 Å². The van der Waals surface area contributed by atoms with Crippen LogP contribution in [0.1, 0.15) is 92.5 Å². The van der Waals surface area contributed by atoms with Gasteiger partial charge in [-0.1, -0.05) is 25.2 Å². The lowest BCUT2D eigenvalue weighted by molar-refractivity contribution is -0.247. The number of pyridine rings is 1. The molecule has 4 saturated carbocycles. The fraction of sp³-hybridized carbons (Fsp3) is 0.556. The number of hydrogen-bond donors (Lipinski definition) is 5. The number of aromatic carboxylic acids is 1. The number of aliphatic hydroxyl groups is 2. The summed E-state index contributed by atoms with van der Waals surface area (Å²) >= 11 is 1.53. The van der Waals surface area contributed by atoms with Gasteiger partial charge in [-0.3, -0.25) is 4.68 Å². The first kappa shape index (κ1) is 41.6. The molecule has 5 N–H and O–H groups in total. The van der Waals surface area contributed by atoms with Crippen molar-refractivity contribution < 1.29 is 29.6 Å². The number of benzene rings is 1. The van der Waals surface area contributed by atoms with Crippen LogP contribution < -0.4 is 20.3 Å². The molecule has 61 heavy (non-hydrogen) atoms. The lowest BCUT2D eigenvalue weighted by Gasteiger charge is -2.69. The van der Waals surface area contributed by atoms with Crippen LogP contribution in [-0.4, -0.2) is 103 Å². The molecule has 4 bridgehead atoms. The van der Waals surface area contributed by atoms with Gasteiger partial charge in [-0.05, 0) is 119 Å². The Labute approximate surface area is 359 Å². The summed E-state index contributed by atoms with van der Waals surface area (Å²) in [5.74, 6) is 1.48. The molecule has 4 aliphatic carbocycles. The van der Waals surface area contributed by atoms with Crippen molar-refractivity contribution in [1.29, 1.82) is 0 Å².